The van der Waals surface area contributed by atoms with Gasteiger partial charge in [-0.1, -0.05) is 18.1 Å². The van der Waals surface area contributed by atoms with E-state index >= 15 is 0 Å². The van der Waals surface area contributed by atoms with Crippen LogP contribution in [0.5, 0.6) is 5.75 Å². The molecule has 0 saturated heterocycles. The predicted octanol–water partition coefficient (Wildman–Crippen LogP) is 1.44. The summed E-state index contributed by atoms with van der Waals surface area (Å²) in [6.07, 6.45) is 4.94. The molecule has 1 rings (SSSR count). The molecule has 0 fully saturated rings. The van der Waals surface area contributed by atoms with Crippen LogP contribution >= 0.6 is 0 Å². The zero-order chi connectivity index (χ0) is 12.7. The van der Waals surface area contributed by atoms with Gasteiger partial charge in [-0.2, -0.15) is 0 Å². The molecule has 0 N–H and O–H groups in total. The fourth-order valence-corrected chi connectivity index (χ4v) is 1.18. The Hall–Kier alpha value is -2.28. The van der Waals surface area contributed by atoms with Crippen LogP contribution in [-0.2, 0) is 9.53 Å². The number of hydrogen-bond donors (Lipinski definition) is 0. The van der Waals surface area contributed by atoms with E-state index in [0.717, 1.165) is 0 Å². The molecule has 1 aromatic rings. The Kier molecular flexibility index (Phi) is 4.77. The number of para-hydroxylation sites is 1. The van der Waals surface area contributed by atoms with Gasteiger partial charge in [-0.05, 0) is 19.1 Å². The van der Waals surface area contributed by atoms with Gasteiger partial charge in [-0.15, -0.1) is 6.42 Å². The van der Waals surface area contributed by atoms with Crippen LogP contribution in [0.15, 0.2) is 24.3 Å². The smallest absolute Gasteiger partial charge is 0.345 e. The second-order valence-corrected chi connectivity index (χ2v) is 3.21. The molecule has 0 bridgehead atoms. The van der Waals surface area contributed by atoms with Crippen LogP contribution in [0.3, 0.4) is 0 Å². The van der Waals surface area contributed by atoms with Crippen molar-refractivity contribution in [1.29, 1.82) is 0 Å². The van der Waals surface area contributed by atoms with Crippen LogP contribution < -0.4 is 4.74 Å². The molecular formula is C13H12O4. The van der Waals surface area contributed by atoms with Crippen molar-refractivity contribution in [1.82, 2.24) is 0 Å². The summed E-state index contributed by atoms with van der Waals surface area (Å²) in [5.74, 6) is 1.84. The van der Waals surface area contributed by atoms with Crippen molar-refractivity contribution in [2.75, 3.05) is 13.2 Å². The maximum atomic E-state index is 11.3. The number of carbonyl (C=O) groups excluding carboxylic acids is 2. The number of ether oxygens (including phenoxy) is 2. The molecule has 0 spiro atoms. The molecule has 88 valence electrons. The highest BCUT2D eigenvalue weighted by molar-refractivity contribution is 5.96. The molecule has 1 aromatic carbocycles. The third-order valence-corrected chi connectivity index (χ3v) is 1.93. The number of hydrogen-bond acceptors (Lipinski definition) is 4. The molecule has 0 aliphatic carbocycles. The highest BCUT2D eigenvalue weighted by Gasteiger charge is 2.09. The van der Waals surface area contributed by atoms with E-state index in [1.807, 2.05) is 0 Å². The molecule has 0 amide bonds. The number of carbonyl (C=O) groups is 2. The molecule has 4 nitrogen and oxygen atoms in total. The highest BCUT2D eigenvalue weighted by Crippen LogP contribution is 2.18. The SMILES string of the molecule is C#CCOC(=O)COc1ccccc1C(C)=O. The third kappa shape index (κ3) is 3.99. The van der Waals surface area contributed by atoms with Gasteiger partial charge in [0.15, 0.2) is 19.0 Å². The molecule has 17 heavy (non-hydrogen) atoms. The molecule has 0 heterocycles. The first kappa shape index (κ1) is 12.8. The van der Waals surface area contributed by atoms with E-state index in [4.69, 9.17) is 11.2 Å². The summed E-state index contributed by atoms with van der Waals surface area (Å²) in [5, 5.41) is 0. The number of esters is 1. The van der Waals surface area contributed by atoms with E-state index in [0.29, 0.717) is 11.3 Å². The van der Waals surface area contributed by atoms with Crippen molar-refractivity contribution < 1.29 is 19.1 Å². The summed E-state index contributed by atoms with van der Waals surface area (Å²) in [6.45, 7) is 1.07. The molecule has 0 radical (unpaired) electrons. The van der Waals surface area contributed by atoms with Crippen molar-refractivity contribution in [3.05, 3.63) is 29.8 Å². The lowest BCUT2D eigenvalue weighted by molar-refractivity contribution is -0.144. The fourth-order valence-electron chi connectivity index (χ4n) is 1.18. The van der Waals surface area contributed by atoms with Crippen LogP contribution in [-0.4, -0.2) is 25.0 Å². The Balaban J connectivity index is 2.61. The maximum absolute atomic E-state index is 11.3. The Morgan fingerprint density at radius 1 is 1.35 bits per heavy atom. The minimum absolute atomic E-state index is 0.0868. The Morgan fingerprint density at radius 2 is 2.06 bits per heavy atom. The lowest BCUT2D eigenvalue weighted by atomic mass is 10.1. The number of rotatable bonds is 5. The number of benzene rings is 1. The van der Waals surface area contributed by atoms with Crippen LogP contribution in [0, 0.1) is 12.3 Å². The molecule has 0 aliphatic heterocycles. The van der Waals surface area contributed by atoms with Crippen molar-refractivity contribution >= 4 is 11.8 Å². The third-order valence-electron chi connectivity index (χ3n) is 1.93. The van der Waals surface area contributed by atoms with Crippen LogP contribution in [0.4, 0.5) is 0 Å². The lowest BCUT2D eigenvalue weighted by Gasteiger charge is -2.08. The Bertz CT molecular complexity index is 457. The van der Waals surface area contributed by atoms with Gasteiger partial charge in [-0.3, -0.25) is 4.79 Å². The second-order valence-electron chi connectivity index (χ2n) is 3.21. The van der Waals surface area contributed by atoms with Crippen LogP contribution in [0.1, 0.15) is 17.3 Å². The van der Waals surface area contributed by atoms with Crippen molar-refractivity contribution in [2.24, 2.45) is 0 Å². The first-order valence-electron chi connectivity index (χ1n) is 4.97. The van der Waals surface area contributed by atoms with Crippen molar-refractivity contribution in [3.63, 3.8) is 0 Å². The first-order valence-corrected chi connectivity index (χ1v) is 4.97. The maximum Gasteiger partial charge on any atom is 0.345 e. The summed E-state index contributed by atoms with van der Waals surface area (Å²) in [6, 6.07) is 6.68. The van der Waals surface area contributed by atoms with Crippen molar-refractivity contribution in [2.45, 2.75) is 6.92 Å². The molecule has 0 atom stereocenters. The van der Waals surface area contributed by atoms with Gasteiger partial charge in [-0.25, -0.2) is 4.79 Å². The quantitative estimate of drug-likeness (QED) is 0.438. The highest BCUT2D eigenvalue weighted by atomic mass is 16.6. The largest absolute Gasteiger partial charge is 0.481 e. The van der Waals surface area contributed by atoms with E-state index in [-0.39, 0.29) is 19.0 Å². The average Bonchev–Trinajstić information content (AvgIpc) is 2.34. The van der Waals surface area contributed by atoms with Gasteiger partial charge >= 0.3 is 5.97 Å². The lowest BCUT2D eigenvalue weighted by Crippen LogP contribution is -2.16. The van der Waals surface area contributed by atoms with E-state index < -0.39 is 5.97 Å². The minimum atomic E-state index is -0.568. The zero-order valence-corrected chi connectivity index (χ0v) is 9.43. The normalized spacial score (nSPS) is 9.18. The first-order chi connectivity index (χ1) is 8.15. The fraction of sp³-hybridized carbons (Fsp3) is 0.231. The molecule has 0 aromatic heterocycles. The molecular weight excluding hydrogens is 220 g/mol. The van der Waals surface area contributed by atoms with Gasteiger partial charge < -0.3 is 9.47 Å². The standard InChI is InChI=1S/C13H12O4/c1-3-8-16-13(15)9-17-12-7-5-4-6-11(12)10(2)14/h1,4-7H,8-9H2,2H3. The van der Waals surface area contributed by atoms with Gasteiger partial charge in [0.25, 0.3) is 0 Å². The minimum Gasteiger partial charge on any atom is -0.481 e. The summed E-state index contributed by atoms with van der Waals surface area (Å²) in [4.78, 5) is 22.4. The van der Waals surface area contributed by atoms with E-state index in [1.165, 1.54) is 6.92 Å². The summed E-state index contributed by atoms with van der Waals surface area (Å²) >= 11 is 0. The zero-order valence-electron chi connectivity index (χ0n) is 9.43. The monoisotopic (exact) mass is 232 g/mol. The summed E-state index contributed by atoms with van der Waals surface area (Å²) in [5.41, 5.74) is 0.428. The Morgan fingerprint density at radius 3 is 2.71 bits per heavy atom. The van der Waals surface area contributed by atoms with E-state index in [9.17, 15) is 9.59 Å². The van der Waals surface area contributed by atoms with Gasteiger partial charge in [0.1, 0.15) is 5.75 Å². The summed E-state index contributed by atoms with van der Waals surface area (Å²) in [7, 11) is 0. The van der Waals surface area contributed by atoms with Crippen LogP contribution in [0.2, 0.25) is 0 Å². The topological polar surface area (TPSA) is 52.6 Å². The van der Waals surface area contributed by atoms with E-state index in [1.54, 1.807) is 24.3 Å². The van der Waals surface area contributed by atoms with E-state index in [2.05, 4.69) is 10.7 Å². The Labute approximate surface area is 99.5 Å². The van der Waals surface area contributed by atoms with Gasteiger partial charge in [0.05, 0.1) is 5.56 Å². The molecule has 4 heteroatoms. The van der Waals surface area contributed by atoms with Gasteiger partial charge in [0.2, 0.25) is 0 Å². The second kappa shape index (κ2) is 6.33. The van der Waals surface area contributed by atoms with Crippen LogP contribution in [0.25, 0.3) is 0 Å². The summed E-state index contributed by atoms with van der Waals surface area (Å²) < 4.78 is 9.82. The van der Waals surface area contributed by atoms with Gasteiger partial charge in [0, 0.05) is 0 Å². The molecule has 0 aliphatic rings. The number of Topliss-reactive ketones (excluding diaryl/α,β-unsaturated/α-hetero) is 1. The number of ketones is 1. The average molecular weight is 232 g/mol. The number of terminal acetylenes is 1. The molecule has 0 unspecified atom stereocenters. The van der Waals surface area contributed by atoms with Crippen molar-refractivity contribution in [3.8, 4) is 18.1 Å². The predicted molar refractivity (Wildman–Crippen MR) is 61.7 cm³/mol. The molecule has 0 saturated carbocycles.